The summed E-state index contributed by atoms with van der Waals surface area (Å²) in [6.07, 6.45) is 2.63. The van der Waals surface area contributed by atoms with Crippen LogP contribution in [-0.2, 0) is 4.79 Å². The van der Waals surface area contributed by atoms with Crippen molar-refractivity contribution in [2.45, 2.75) is 26.2 Å². The zero-order chi connectivity index (χ0) is 14.5. The Kier molecular flexibility index (Phi) is 5.24. The fourth-order valence-corrected chi connectivity index (χ4v) is 2.52. The van der Waals surface area contributed by atoms with Gasteiger partial charge in [-0.15, -0.1) is 0 Å². The maximum absolute atomic E-state index is 13.0. The lowest BCUT2D eigenvalue weighted by Crippen LogP contribution is -2.38. The minimum absolute atomic E-state index is 0.0892. The molecule has 1 aliphatic heterocycles. The predicted octanol–water partition coefficient (Wildman–Crippen LogP) is 3.54. The molecule has 3 nitrogen and oxygen atoms in total. The zero-order valence-electron chi connectivity index (χ0n) is 11.7. The van der Waals surface area contributed by atoms with Crippen molar-refractivity contribution in [2.75, 3.05) is 25.0 Å². The minimum atomic E-state index is -0.435. The summed E-state index contributed by atoms with van der Waals surface area (Å²) < 4.78 is 13.0. The van der Waals surface area contributed by atoms with Gasteiger partial charge in [0.05, 0.1) is 5.02 Å². The Morgan fingerprint density at radius 2 is 2.15 bits per heavy atom. The number of hydrogen-bond acceptors (Lipinski definition) is 2. The van der Waals surface area contributed by atoms with Crippen LogP contribution in [0.2, 0.25) is 5.02 Å². The highest BCUT2D eigenvalue weighted by atomic mass is 35.5. The van der Waals surface area contributed by atoms with E-state index in [-0.39, 0.29) is 10.9 Å². The largest absolute Gasteiger partial charge is 0.384 e. The SMILES string of the molecule is CC1CCN(C(=O)CCNc2ccc(F)c(Cl)c2)CC1. The van der Waals surface area contributed by atoms with Crippen LogP contribution in [-0.4, -0.2) is 30.4 Å². The minimum Gasteiger partial charge on any atom is -0.384 e. The van der Waals surface area contributed by atoms with Crippen molar-refractivity contribution < 1.29 is 9.18 Å². The molecule has 1 saturated heterocycles. The van der Waals surface area contributed by atoms with Gasteiger partial charge in [0.25, 0.3) is 0 Å². The average Bonchev–Trinajstić information content (AvgIpc) is 2.43. The molecule has 1 fully saturated rings. The molecule has 0 aromatic heterocycles. The van der Waals surface area contributed by atoms with Gasteiger partial charge < -0.3 is 10.2 Å². The van der Waals surface area contributed by atoms with Crippen molar-refractivity contribution in [1.29, 1.82) is 0 Å². The lowest BCUT2D eigenvalue weighted by Gasteiger charge is -2.30. The Morgan fingerprint density at radius 3 is 2.80 bits per heavy atom. The average molecular weight is 299 g/mol. The molecule has 1 aromatic rings. The first-order valence-corrected chi connectivity index (χ1v) is 7.41. The third kappa shape index (κ3) is 4.10. The van der Waals surface area contributed by atoms with Crippen molar-refractivity contribution in [1.82, 2.24) is 4.90 Å². The first-order chi connectivity index (χ1) is 9.56. The Balaban J connectivity index is 1.75. The number of anilines is 1. The number of amides is 1. The van der Waals surface area contributed by atoms with Gasteiger partial charge >= 0.3 is 0 Å². The summed E-state index contributed by atoms with van der Waals surface area (Å²) in [6, 6.07) is 4.47. The molecule has 110 valence electrons. The Morgan fingerprint density at radius 1 is 1.45 bits per heavy atom. The van der Waals surface area contributed by atoms with Crippen molar-refractivity contribution in [2.24, 2.45) is 5.92 Å². The smallest absolute Gasteiger partial charge is 0.224 e. The maximum atomic E-state index is 13.0. The van der Waals surface area contributed by atoms with Gasteiger partial charge in [-0.2, -0.15) is 0 Å². The summed E-state index contributed by atoms with van der Waals surface area (Å²) in [6.45, 7) is 4.49. The summed E-state index contributed by atoms with van der Waals surface area (Å²) in [5.41, 5.74) is 0.733. The molecule has 20 heavy (non-hydrogen) atoms. The molecule has 0 radical (unpaired) electrons. The van der Waals surface area contributed by atoms with Crippen LogP contribution in [0.4, 0.5) is 10.1 Å². The highest BCUT2D eigenvalue weighted by Crippen LogP contribution is 2.19. The summed E-state index contributed by atoms with van der Waals surface area (Å²) in [7, 11) is 0. The number of likely N-dealkylation sites (tertiary alicyclic amines) is 1. The predicted molar refractivity (Wildman–Crippen MR) is 79.5 cm³/mol. The summed E-state index contributed by atoms with van der Waals surface area (Å²) in [5.74, 6) is 0.465. The Bertz CT molecular complexity index is 473. The van der Waals surface area contributed by atoms with Gasteiger partial charge in [0, 0.05) is 31.7 Å². The van der Waals surface area contributed by atoms with Crippen LogP contribution in [0, 0.1) is 11.7 Å². The van der Waals surface area contributed by atoms with E-state index in [1.54, 1.807) is 6.07 Å². The van der Waals surface area contributed by atoms with Crippen LogP contribution in [0.25, 0.3) is 0 Å². The van der Waals surface area contributed by atoms with Crippen molar-refractivity contribution in [3.8, 4) is 0 Å². The van der Waals surface area contributed by atoms with Crippen LogP contribution >= 0.6 is 11.6 Å². The zero-order valence-corrected chi connectivity index (χ0v) is 12.4. The van der Waals surface area contributed by atoms with E-state index in [2.05, 4.69) is 12.2 Å². The molecule has 0 spiro atoms. The van der Waals surface area contributed by atoms with E-state index in [1.807, 2.05) is 4.90 Å². The lowest BCUT2D eigenvalue weighted by atomic mass is 9.99. The number of nitrogens with one attached hydrogen (secondary N) is 1. The molecular formula is C15H20ClFN2O. The van der Waals surface area contributed by atoms with Crippen molar-refractivity contribution in [3.05, 3.63) is 29.0 Å². The molecule has 1 heterocycles. The molecule has 1 amide bonds. The van der Waals surface area contributed by atoms with Gasteiger partial charge in [-0.25, -0.2) is 4.39 Å². The lowest BCUT2D eigenvalue weighted by molar-refractivity contribution is -0.132. The van der Waals surface area contributed by atoms with Crippen molar-refractivity contribution in [3.63, 3.8) is 0 Å². The van der Waals surface area contributed by atoms with E-state index in [0.29, 0.717) is 13.0 Å². The first kappa shape index (κ1) is 15.1. The van der Waals surface area contributed by atoms with E-state index in [9.17, 15) is 9.18 Å². The quantitative estimate of drug-likeness (QED) is 0.922. The Labute approximate surface area is 124 Å². The number of hydrogen-bond donors (Lipinski definition) is 1. The fraction of sp³-hybridized carbons (Fsp3) is 0.533. The van der Waals surface area contributed by atoms with Gasteiger partial charge in [-0.3, -0.25) is 4.79 Å². The molecule has 1 aliphatic rings. The summed E-state index contributed by atoms with van der Waals surface area (Å²) in [4.78, 5) is 13.9. The van der Waals surface area contributed by atoms with E-state index in [0.717, 1.165) is 37.5 Å². The highest BCUT2D eigenvalue weighted by molar-refractivity contribution is 6.31. The fourth-order valence-electron chi connectivity index (χ4n) is 2.34. The van der Waals surface area contributed by atoms with E-state index < -0.39 is 5.82 Å². The topological polar surface area (TPSA) is 32.3 Å². The van der Waals surface area contributed by atoms with Gasteiger partial charge in [0.2, 0.25) is 5.91 Å². The van der Waals surface area contributed by atoms with Crippen LogP contribution in [0.15, 0.2) is 18.2 Å². The molecule has 0 bridgehead atoms. The number of halogens is 2. The number of rotatable bonds is 4. The number of nitrogens with zero attached hydrogens (tertiary/aromatic N) is 1. The van der Waals surface area contributed by atoms with E-state index in [4.69, 9.17) is 11.6 Å². The second kappa shape index (κ2) is 6.93. The van der Waals surface area contributed by atoms with Gasteiger partial charge in [0.15, 0.2) is 0 Å². The standard InChI is InChI=1S/C15H20ClFN2O/c1-11-5-8-19(9-6-11)15(20)4-7-18-12-2-3-14(17)13(16)10-12/h2-3,10-11,18H,4-9H2,1H3. The van der Waals surface area contributed by atoms with Crippen LogP contribution < -0.4 is 5.32 Å². The second-order valence-corrected chi connectivity index (χ2v) is 5.78. The monoisotopic (exact) mass is 298 g/mol. The molecule has 5 heteroatoms. The van der Waals surface area contributed by atoms with Gasteiger partial charge in [-0.1, -0.05) is 18.5 Å². The number of piperidine rings is 1. The third-order valence-corrected chi connectivity index (χ3v) is 4.01. The first-order valence-electron chi connectivity index (χ1n) is 7.03. The van der Waals surface area contributed by atoms with E-state index >= 15 is 0 Å². The van der Waals surface area contributed by atoms with Gasteiger partial charge in [-0.05, 0) is 37.0 Å². The molecule has 0 aliphatic carbocycles. The van der Waals surface area contributed by atoms with Gasteiger partial charge in [0.1, 0.15) is 5.82 Å². The van der Waals surface area contributed by atoms with Crippen LogP contribution in [0.5, 0.6) is 0 Å². The molecule has 0 unspecified atom stereocenters. The molecule has 0 atom stereocenters. The van der Waals surface area contributed by atoms with Crippen LogP contribution in [0.3, 0.4) is 0 Å². The van der Waals surface area contributed by atoms with Crippen LogP contribution in [0.1, 0.15) is 26.2 Å². The van der Waals surface area contributed by atoms with E-state index in [1.165, 1.54) is 12.1 Å². The third-order valence-electron chi connectivity index (χ3n) is 3.72. The number of benzene rings is 1. The number of carbonyl (C=O) groups is 1. The Hall–Kier alpha value is -1.29. The maximum Gasteiger partial charge on any atom is 0.224 e. The summed E-state index contributed by atoms with van der Waals surface area (Å²) >= 11 is 5.70. The number of carbonyl (C=O) groups excluding carboxylic acids is 1. The molecule has 2 rings (SSSR count). The highest BCUT2D eigenvalue weighted by Gasteiger charge is 2.19. The summed E-state index contributed by atoms with van der Waals surface area (Å²) in [5, 5.41) is 3.18. The molecule has 1 N–H and O–H groups in total. The molecular weight excluding hydrogens is 279 g/mol. The molecule has 1 aromatic carbocycles. The van der Waals surface area contributed by atoms with Crippen molar-refractivity contribution >= 4 is 23.2 Å². The normalized spacial score (nSPS) is 16.2. The molecule has 0 saturated carbocycles. The second-order valence-electron chi connectivity index (χ2n) is 5.37.